The van der Waals surface area contributed by atoms with Crippen LogP contribution in [0.5, 0.6) is 0 Å². The van der Waals surface area contributed by atoms with Crippen molar-refractivity contribution in [1.82, 2.24) is 0 Å². The molecule has 1 atom stereocenters. The van der Waals surface area contributed by atoms with Crippen molar-refractivity contribution >= 4 is 5.97 Å². The van der Waals surface area contributed by atoms with Crippen LogP contribution in [0.3, 0.4) is 0 Å². The lowest BCUT2D eigenvalue weighted by molar-refractivity contribution is -0.148. The van der Waals surface area contributed by atoms with Crippen LogP contribution >= 0.6 is 0 Å². The summed E-state index contributed by atoms with van der Waals surface area (Å²) in [6, 6.07) is 0. The van der Waals surface area contributed by atoms with Gasteiger partial charge in [-0.3, -0.25) is 4.79 Å². The molecule has 0 aliphatic heterocycles. The Balaban J connectivity index is 4.62. The number of carboxylic acids is 1. The molecular weight excluding hydrogens is 320 g/mol. The van der Waals surface area contributed by atoms with E-state index in [1.807, 2.05) is 6.92 Å². The lowest BCUT2D eigenvalue weighted by atomic mass is 9.81. The van der Waals surface area contributed by atoms with Crippen molar-refractivity contribution in [3.63, 3.8) is 0 Å². The third kappa shape index (κ3) is 11.9. The molecule has 0 fully saturated rings. The summed E-state index contributed by atoms with van der Waals surface area (Å²) in [7, 11) is 0. The van der Waals surface area contributed by atoms with E-state index in [0.29, 0.717) is 12.8 Å². The van der Waals surface area contributed by atoms with Gasteiger partial charge in [0.1, 0.15) is 0 Å². The monoisotopic (exact) mass is 360 g/mol. The molecule has 2 nitrogen and oxygen atoms in total. The van der Waals surface area contributed by atoms with Crippen molar-refractivity contribution in [3.8, 4) is 0 Å². The lowest BCUT2D eigenvalue weighted by Gasteiger charge is -2.23. The van der Waals surface area contributed by atoms with Crippen LogP contribution in [-0.2, 0) is 4.79 Å². The highest BCUT2D eigenvalue weighted by molar-refractivity contribution is 5.74. The third-order valence-electron chi connectivity index (χ3n) is 4.79. The second kappa shape index (κ2) is 12.7. The first-order valence-electron chi connectivity index (χ1n) is 9.88. The summed E-state index contributed by atoms with van der Waals surface area (Å²) in [5.41, 5.74) is 4.63. The Morgan fingerprint density at radius 2 is 1.23 bits per heavy atom. The molecule has 0 bridgehead atoms. The van der Waals surface area contributed by atoms with Crippen molar-refractivity contribution < 1.29 is 9.90 Å². The van der Waals surface area contributed by atoms with Gasteiger partial charge in [0.25, 0.3) is 0 Å². The Bertz CT molecular complexity index is 553. The molecule has 0 aliphatic carbocycles. The number of rotatable bonds is 12. The van der Waals surface area contributed by atoms with Gasteiger partial charge >= 0.3 is 5.97 Å². The van der Waals surface area contributed by atoms with E-state index in [9.17, 15) is 9.90 Å². The first kappa shape index (κ1) is 24.4. The van der Waals surface area contributed by atoms with Crippen LogP contribution in [0.4, 0.5) is 0 Å². The second-order valence-electron chi connectivity index (χ2n) is 8.35. The zero-order valence-electron chi connectivity index (χ0n) is 18.1. The van der Waals surface area contributed by atoms with Gasteiger partial charge in [0.2, 0.25) is 0 Å². The standard InChI is InChI=1S/C24H40O2/c1-19(2)11-8-13-21(5)15-10-17-24(7,23(25)26)18-16-22(6)14-9-12-20(3)4/h11-12,15-16H,8-10,13-14,17-18H2,1-7H3,(H,25,26)/b21-15+,22-16+. The van der Waals surface area contributed by atoms with Crippen molar-refractivity contribution in [2.24, 2.45) is 5.41 Å². The molecule has 0 spiro atoms. The average molecular weight is 361 g/mol. The minimum atomic E-state index is -0.693. The number of hydrogen-bond acceptors (Lipinski definition) is 1. The Morgan fingerprint density at radius 3 is 1.65 bits per heavy atom. The quantitative estimate of drug-likeness (QED) is 0.363. The van der Waals surface area contributed by atoms with Crippen molar-refractivity contribution in [1.29, 1.82) is 0 Å². The maximum absolute atomic E-state index is 11.8. The molecule has 0 heterocycles. The molecule has 1 N–H and O–H groups in total. The number of hydrogen-bond donors (Lipinski definition) is 1. The maximum atomic E-state index is 11.8. The lowest BCUT2D eigenvalue weighted by Crippen LogP contribution is -2.26. The van der Waals surface area contributed by atoms with Gasteiger partial charge in [0.15, 0.2) is 0 Å². The van der Waals surface area contributed by atoms with Gasteiger partial charge in [-0.05, 0) is 93.4 Å². The first-order chi connectivity index (χ1) is 12.1. The maximum Gasteiger partial charge on any atom is 0.309 e. The third-order valence-corrected chi connectivity index (χ3v) is 4.79. The largest absolute Gasteiger partial charge is 0.481 e. The van der Waals surface area contributed by atoms with E-state index in [4.69, 9.17) is 0 Å². The summed E-state index contributed by atoms with van der Waals surface area (Å²) in [6.45, 7) is 14.6. The first-order valence-corrected chi connectivity index (χ1v) is 9.88. The van der Waals surface area contributed by atoms with Gasteiger partial charge in [-0.15, -0.1) is 0 Å². The predicted molar refractivity (Wildman–Crippen MR) is 114 cm³/mol. The minimum absolute atomic E-state index is 0.605. The number of carboxylic acid groups (broad SMARTS) is 1. The number of aliphatic carboxylic acids is 1. The van der Waals surface area contributed by atoms with Crippen molar-refractivity contribution in [3.05, 3.63) is 46.6 Å². The van der Waals surface area contributed by atoms with Gasteiger partial charge in [0, 0.05) is 0 Å². The summed E-state index contributed by atoms with van der Waals surface area (Å²) in [6.07, 6.45) is 15.1. The highest BCUT2D eigenvalue weighted by Gasteiger charge is 2.31. The van der Waals surface area contributed by atoms with Gasteiger partial charge < -0.3 is 5.11 Å². The summed E-state index contributed by atoms with van der Waals surface area (Å²) >= 11 is 0. The van der Waals surface area contributed by atoms with E-state index < -0.39 is 11.4 Å². The molecule has 0 rings (SSSR count). The minimum Gasteiger partial charge on any atom is -0.481 e. The fraction of sp³-hybridized carbons (Fsp3) is 0.625. The summed E-state index contributed by atoms with van der Waals surface area (Å²) < 4.78 is 0. The van der Waals surface area contributed by atoms with Crippen molar-refractivity contribution in [2.75, 3.05) is 0 Å². The number of carbonyl (C=O) groups is 1. The van der Waals surface area contributed by atoms with Crippen LogP contribution in [0.15, 0.2) is 46.6 Å². The molecule has 0 radical (unpaired) electrons. The van der Waals surface area contributed by atoms with E-state index in [0.717, 1.165) is 32.1 Å². The normalized spacial score (nSPS) is 14.6. The Kier molecular flexibility index (Phi) is 12.0. The molecule has 0 saturated heterocycles. The molecule has 0 aromatic rings. The van der Waals surface area contributed by atoms with Crippen LogP contribution in [0.2, 0.25) is 0 Å². The summed E-state index contributed by atoms with van der Waals surface area (Å²) in [5, 5.41) is 9.69. The molecular formula is C24H40O2. The number of allylic oxidation sites excluding steroid dienone is 8. The van der Waals surface area contributed by atoms with E-state index in [1.54, 1.807) is 0 Å². The molecule has 1 unspecified atom stereocenters. The molecule has 0 aromatic heterocycles. The van der Waals surface area contributed by atoms with Gasteiger partial charge in [-0.1, -0.05) is 46.6 Å². The predicted octanol–water partition coefficient (Wildman–Crippen LogP) is 7.63. The summed E-state index contributed by atoms with van der Waals surface area (Å²) in [5.74, 6) is -0.693. The Labute approximate surface area is 161 Å². The van der Waals surface area contributed by atoms with Crippen LogP contribution in [0.25, 0.3) is 0 Å². The zero-order valence-corrected chi connectivity index (χ0v) is 18.1. The van der Waals surface area contributed by atoms with Gasteiger partial charge in [-0.2, -0.15) is 0 Å². The smallest absolute Gasteiger partial charge is 0.309 e. The fourth-order valence-electron chi connectivity index (χ4n) is 2.71. The second-order valence-corrected chi connectivity index (χ2v) is 8.35. The highest BCUT2D eigenvalue weighted by Crippen LogP contribution is 2.30. The van der Waals surface area contributed by atoms with Gasteiger partial charge in [-0.25, -0.2) is 0 Å². The molecule has 0 aliphatic rings. The van der Waals surface area contributed by atoms with E-state index in [-0.39, 0.29) is 0 Å². The Morgan fingerprint density at radius 1 is 0.769 bits per heavy atom. The van der Waals surface area contributed by atoms with Crippen LogP contribution in [0.1, 0.15) is 93.4 Å². The average Bonchev–Trinajstić information content (AvgIpc) is 2.52. The molecule has 0 amide bonds. The molecule has 148 valence electrons. The Hall–Kier alpha value is -1.57. The van der Waals surface area contributed by atoms with Crippen molar-refractivity contribution in [2.45, 2.75) is 93.4 Å². The topological polar surface area (TPSA) is 37.3 Å². The van der Waals surface area contributed by atoms with Crippen LogP contribution in [-0.4, -0.2) is 11.1 Å². The fourth-order valence-corrected chi connectivity index (χ4v) is 2.71. The van der Waals surface area contributed by atoms with E-state index >= 15 is 0 Å². The van der Waals surface area contributed by atoms with Crippen LogP contribution < -0.4 is 0 Å². The van der Waals surface area contributed by atoms with E-state index in [2.05, 4.69) is 65.8 Å². The molecule has 26 heavy (non-hydrogen) atoms. The SMILES string of the molecule is CC(C)=CCC/C(C)=C/CCC(C)(C/C=C(\C)CCC=C(C)C)C(=O)O. The molecule has 0 aromatic carbocycles. The molecule has 2 heteroatoms. The van der Waals surface area contributed by atoms with Gasteiger partial charge in [0.05, 0.1) is 5.41 Å². The molecule has 0 saturated carbocycles. The van der Waals surface area contributed by atoms with E-state index in [1.165, 1.54) is 22.3 Å². The zero-order chi connectivity index (χ0) is 20.2. The highest BCUT2D eigenvalue weighted by atomic mass is 16.4. The van der Waals surface area contributed by atoms with Crippen LogP contribution in [0, 0.1) is 5.41 Å². The summed E-state index contributed by atoms with van der Waals surface area (Å²) in [4.78, 5) is 11.8.